The predicted octanol–water partition coefficient (Wildman–Crippen LogP) is -9.45. The van der Waals surface area contributed by atoms with E-state index >= 15 is 0 Å². The zero-order valence-electron chi connectivity index (χ0n) is 10.5. The standard InChI is InChI=1S/C3H6O3.H2O4S.10H2O/c1-2(4)3(5)6;1-5(2,3)4;;;;;;;;;;/h2,4H,1H3,(H,5,6);(H2,1,2,3,4);10*1H2. The molecule has 18 heteroatoms. The molecule has 0 spiro atoms. The molecule has 0 aromatic carbocycles. The second-order valence-corrected chi connectivity index (χ2v) is 2.36. The quantitative estimate of drug-likeness (QED) is 0.323. The van der Waals surface area contributed by atoms with Gasteiger partial charge in [0.2, 0.25) is 0 Å². The lowest BCUT2D eigenvalue weighted by Gasteiger charge is -1.89. The summed E-state index contributed by atoms with van der Waals surface area (Å²) in [6.07, 6.45) is -1.23. The van der Waals surface area contributed by atoms with E-state index in [9.17, 15) is 4.79 Å². The van der Waals surface area contributed by atoms with Crippen molar-refractivity contribution in [1.82, 2.24) is 0 Å². The van der Waals surface area contributed by atoms with Gasteiger partial charge in [0.1, 0.15) is 6.10 Å². The summed E-state index contributed by atoms with van der Waals surface area (Å²) in [7, 11) is -4.67. The molecule has 0 aromatic rings. The van der Waals surface area contributed by atoms with Gasteiger partial charge in [-0.05, 0) is 6.92 Å². The van der Waals surface area contributed by atoms with Crippen LogP contribution in [-0.2, 0) is 15.2 Å². The molecule has 0 bridgehead atoms. The third-order valence-electron chi connectivity index (χ3n) is 0.357. The molecule has 0 rings (SSSR count). The minimum Gasteiger partial charge on any atom is -0.479 e. The summed E-state index contributed by atoms with van der Waals surface area (Å²) >= 11 is 0. The van der Waals surface area contributed by atoms with E-state index in [-0.39, 0.29) is 54.8 Å². The number of hydrogen-bond acceptors (Lipinski definition) is 4. The zero-order valence-corrected chi connectivity index (χ0v) is 11.3. The van der Waals surface area contributed by atoms with Gasteiger partial charge in [0.05, 0.1) is 0 Å². The van der Waals surface area contributed by atoms with Crippen LogP contribution in [0.1, 0.15) is 6.92 Å². The zero-order chi connectivity index (χ0) is 9.65. The second kappa shape index (κ2) is 51.0. The third-order valence-corrected chi connectivity index (χ3v) is 0.357. The van der Waals surface area contributed by atoms with E-state index in [1.54, 1.807) is 0 Å². The Morgan fingerprint density at radius 2 is 0.810 bits per heavy atom. The van der Waals surface area contributed by atoms with Gasteiger partial charge in [-0.15, -0.1) is 0 Å². The molecule has 17 nitrogen and oxygen atoms in total. The molecule has 0 amide bonds. The average Bonchev–Trinajstić information content (AvgIpc) is 1.59. The Labute approximate surface area is 118 Å². The van der Waals surface area contributed by atoms with Crippen molar-refractivity contribution < 1.29 is 87.3 Å². The summed E-state index contributed by atoms with van der Waals surface area (Å²) in [4.78, 5) is 9.45. The number of aliphatic hydroxyl groups is 1. The monoisotopic (exact) mass is 368 g/mol. The average molecular weight is 368 g/mol. The number of carbonyl (C=O) groups is 1. The van der Waals surface area contributed by atoms with Crippen LogP contribution in [0.2, 0.25) is 0 Å². The highest BCUT2D eigenvalue weighted by molar-refractivity contribution is 7.79. The summed E-state index contributed by atoms with van der Waals surface area (Å²) < 4.78 is 31.6. The van der Waals surface area contributed by atoms with Gasteiger partial charge in [-0.3, -0.25) is 9.11 Å². The number of rotatable bonds is 1. The lowest BCUT2D eigenvalue weighted by Crippen LogP contribution is -2.13. The molecule has 24 N–H and O–H groups in total. The Hall–Kier alpha value is -1.10. The first-order valence-corrected chi connectivity index (χ1v) is 3.65. The van der Waals surface area contributed by atoms with E-state index < -0.39 is 22.5 Å². The lowest BCUT2D eigenvalue weighted by atomic mass is 10.4. The number of aliphatic hydroxyl groups excluding tert-OH is 1. The molecular formula is C3H28O17S. The molecule has 148 valence electrons. The molecule has 0 aliphatic heterocycles. The van der Waals surface area contributed by atoms with Gasteiger partial charge in [-0.25, -0.2) is 4.79 Å². The Bertz CT molecular complexity index is 198. The van der Waals surface area contributed by atoms with Crippen LogP contribution in [0.4, 0.5) is 0 Å². The highest BCUT2D eigenvalue weighted by Gasteiger charge is 2.01. The SMILES string of the molecule is CC(O)C(=O)O.O.O.O.O.O.O.O.O.O.O.O=S(=O)(O)O. The molecule has 0 saturated carbocycles. The number of aliphatic carboxylic acids is 1. The Morgan fingerprint density at radius 3 is 0.810 bits per heavy atom. The van der Waals surface area contributed by atoms with E-state index in [2.05, 4.69) is 0 Å². The van der Waals surface area contributed by atoms with Crippen LogP contribution >= 0.6 is 0 Å². The summed E-state index contributed by atoms with van der Waals surface area (Å²) in [5.41, 5.74) is 0. The van der Waals surface area contributed by atoms with Gasteiger partial charge in [0, 0.05) is 0 Å². The van der Waals surface area contributed by atoms with Gasteiger partial charge >= 0.3 is 16.4 Å². The highest BCUT2D eigenvalue weighted by Crippen LogP contribution is 1.73. The third kappa shape index (κ3) is 642. The summed E-state index contributed by atoms with van der Waals surface area (Å²) in [5.74, 6) is -1.19. The normalized spacial score (nSPS) is 6.67. The largest absolute Gasteiger partial charge is 0.479 e. The molecule has 0 radical (unpaired) electrons. The molecule has 1 unspecified atom stereocenters. The summed E-state index contributed by atoms with van der Waals surface area (Å²) in [6.45, 7) is 1.20. The first kappa shape index (κ1) is 114. The van der Waals surface area contributed by atoms with E-state index in [0.717, 1.165) is 0 Å². The molecule has 0 aliphatic carbocycles. The maximum absolute atomic E-state index is 9.45. The molecule has 0 aliphatic rings. The van der Waals surface area contributed by atoms with Crippen LogP contribution in [0.25, 0.3) is 0 Å². The fourth-order valence-corrected chi connectivity index (χ4v) is 0. The highest BCUT2D eigenvalue weighted by atomic mass is 32.3. The topological polar surface area (TPSA) is 447 Å². The van der Waals surface area contributed by atoms with Gasteiger partial charge in [-0.2, -0.15) is 8.42 Å². The Morgan fingerprint density at radius 1 is 0.762 bits per heavy atom. The number of carboxylic acids is 1. The predicted molar refractivity (Wildman–Crippen MR) is 69.6 cm³/mol. The van der Waals surface area contributed by atoms with Gasteiger partial charge < -0.3 is 65.0 Å². The van der Waals surface area contributed by atoms with Crippen molar-refractivity contribution in [2.75, 3.05) is 0 Å². The number of carboxylic acid groups (broad SMARTS) is 1. The van der Waals surface area contributed by atoms with Crippen LogP contribution in [-0.4, -0.2) is 94.6 Å². The van der Waals surface area contributed by atoms with Crippen LogP contribution in [0.5, 0.6) is 0 Å². The van der Waals surface area contributed by atoms with Crippen molar-refractivity contribution in [3.05, 3.63) is 0 Å². The molecule has 0 aromatic heterocycles. The molecule has 0 heterocycles. The van der Waals surface area contributed by atoms with Crippen LogP contribution in [0, 0.1) is 0 Å². The molecule has 0 fully saturated rings. The molecule has 1 atom stereocenters. The molecular weight excluding hydrogens is 340 g/mol. The number of hydrogen-bond donors (Lipinski definition) is 4. The summed E-state index contributed by atoms with van der Waals surface area (Å²) in [6, 6.07) is 0. The minimum atomic E-state index is -4.67. The van der Waals surface area contributed by atoms with Crippen molar-refractivity contribution >= 4 is 16.4 Å². The second-order valence-electron chi connectivity index (χ2n) is 1.46. The van der Waals surface area contributed by atoms with Crippen molar-refractivity contribution in [3.8, 4) is 0 Å². The maximum Gasteiger partial charge on any atom is 0.394 e. The first-order chi connectivity index (χ1) is 4.64. The van der Waals surface area contributed by atoms with Gasteiger partial charge in [-0.1, -0.05) is 0 Å². The first-order valence-electron chi connectivity index (χ1n) is 2.25. The Balaban J connectivity index is -0.00000000525. The fraction of sp³-hybridized carbons (Fsp3) is 0.667. The van der Waals surface area contributed by atoms with E-state index in [4.69, 9.17) is 27.7 Å². The lowest BCUT2D eigenvalue weighted by molar-refractivity contribution is -0.145. The van der Waals surface area contributed by atoms with Crippen LogP contribution in [0.3, 0.4) is 0 Å². The minimum absolute atomic E-state index is 0. The molecule has 0 saturated heterocycles. The van der Waals surface area contributed by atoms with Gasteiger partial charge in [0.15, 0.2) is 0 Å². The smallest absolute Gasteiger partial charge is 0.394 e. The van der Waals surface area contributed by atoms with Crippen molar-refractivity contribution in [1.29, 1.82) is 0 Å². The summed E-state index contributed by atoms with van der Waals surface area (Å²) in [5, 5.41) is 15.8. The van der Waals surface area contributed by atoms with E-state index in [1.807, 2.05) is 0 Å². The Kier molecular flexibility index (Phi) is 276. The van der Waals surface area contributed by atoms with Crippen LogP contribution < -0.4 is 0 Å². The maximum atomic E-state index is 9.45. The van der Waals surface area contributed by atoms with Crippen LogP contribution in [0.15, 0.2) is 0 Å². The van der Waals surface area contributed by atoms with Crippen molar-refractivity contribution in [2.24, 2.45) is 0 Å². The molecule has 21 heavy (non-hydrogen) atoms. The van der Waals surface area contributed by atoms with E-state index in [0.29, 0.717) is 0 Å². The van der Waals surface area contributed by atoms with E-state index in [1.165, 1.54) is 6.92 Å². The fourth-order valence-electron chi connectivity index (χ4n) is 0. The van der Waals surface area contributed by atoms with Gasteiger partial charge in [0.25, 0.3) is 0 Å². The van der Waals surface area contributed by atoms with Crippen molar-refractivity contribution in [3.63, 3.8) is 0 Å². The van der Waals surface area contributed by atoms with Crippen molar-refractivity contribution in [2.45, 2.75) is 13.0 Å².